The lowest BCUT2D eigenvalue weighted by molar-refractivity contribution is -0.0624. The molecule has 1 aromatic heterocycles. The van der Waals surface area contributed by atoms with E-state index in [1.165, 1.54) is 25.7 Å². The van der Waals surface area contributed by atoms with Crippen molar-refractivity contribution in [1.29, 1.82) is 0 Å². The average Bonchev–Trinajstić information content (AvgIpc) is 2.65. The van der Waals surface area contributed by atoms with Crippen LogP contribution in [0.25, 0.3) is 0 Å². The Kier molecular flexibility index (Phi) is 5.35. The zero-order valence-electron chi connectivity index (χ0n) is 13.0. The number of nitrogens with zero attached hydrogens (tertiary/aromatic N) is 2. The molecule has 20 heavy (non-hydrogen) atoms. The van der Waals surface area contributed by atoms with Crippen LogP contribution in [0.15, 0.2) is 6.07 Å². The van der Waals surface area contributed by atoms with Crippen molar-refractivity contribution < 1.29 is 4.74 Å². The fourth-order valence-corrected chi connectivity index (χ4v) is 3.05. The van der Waals surface area contributed by atoms with E-state index in [4.69, 9.17) is 14.7 Å². The van der Waals surface area contributed by atoms with Crippen LogP contribution in [0.1, 0.15) is 63.9 Å². The van der Waals surface area contributed by atoms with Crippen LogP contribution in [0, 0.1) is 6.92 Å². The minimum Gasteiger partial charge on any atom is -0.370 e. The van der Waals surface area contributed by atoms with Gasteiger partial charge in [0, 0.05) is 24.9 Å². The second-order valence-corrected chi connectivity index (χ2v) is 5.59. The third kappa shape index (κ3) is 3.48. The van der Waals surface area contributed by atoms with E-state index in [2.05, 4.69) is 19.2 Å². The number of hydrogen-bond acceptors (Lipinski definition) is 4. The Bertz CT molecular complexity index is 426. The Hall–Kier alpha value is -1.16. The summed E-state index contributed by atoms with van der Waals surface area (Å²) >= 11 is 0. The summed E-state index contributed by atoms with van der Waals surface area (Å²) in [4.78, 5) is 9.43. The van der Waals surface area contributed by atoms with Crippen molar-refractivity contribution in [3.8, 4) is 0 Å². The van der Waals surface area contributed by atoms with E-state index >= 15 is 0 Å². The molecule has 1 aromatic rings. The number of aromatic nitrogens is 2. The Morgan fingerprint density at radius 2 is 1.85 bits per heavy atom. The molecular formula is C16H27N3O. The molecule has 0 unspecified atom stereocenters. The molecule has 1 aliphatic rings. The SMILES string of the molecule is CCNc1cc(C)nc(C2(OCC)CCCCCC2)n1. The molecule has 1 fully saturated rings. The Morgan fingerprint density at radius 3 is 2.45 bits per heavy atom. The van der Waals surface area contributed by atoms with Crippen LogP contribution in [0.3, 0.4) is 0 Å². The first kappa shape index (κ1) is 15.2. The highest BCUT2D eigenvalue weighted by Gasteiger charge is 2.36. The normalized spacial score (nSPS) is 18.6. The molecule has 112 valence electrons. The summed E-state index contributed by atoms with van der Waals surface area (Å²) in [6.07, 6.45) is 7.06. The zero-order valence-corrected chi connectivity index (χ0v) is 13.0. The predicted octanol–water partition coefficient (Wildman–Crippen LogP) is 3.80. The van der Waals surface area contributed by atoms with E-state index in [-0.39, 0.29) is 5.60 Å². The molecule has 0 saturated heterocycles. The van der Waals surface area contributed by atoms with Gasteiger partial charge in [-0.25, -0.2) is 9.97 Å². The monoisotopic (exact) mass is 277 g/mol. The largest absolute Gasteiger partial charge is 0.370 e. The summed E-state index contributed by atoms with van der Waals surface area (Å²) in [6, 6.07) is 2.00. The molecule has 0 bridgehead atoms. The van der Waals surface area contributed by atoms with Gasteiger partial charge in [0.25, 0.3) is 0 Å². The minimum absolute atomic E-state index is 0.276. The second kappa shape index (κ2) is 7.02. The number of ether oxygens (including phenoxy) is 1. The molecular weight excluding hydrogens is 250 g/mol. The molecule has 2 rings (SSSR count). The summed E-state index contributed by atoms with van der Waals surface area (Å²) in [6.45, 7) is 7.77. The van der Waals surface area contributed by atoms with E-state index < -0.39 is 0 Å². The maximum Gasteiger partial charge on any atom is 0.162 e. The lowest BCUT2D eigenvalue weighted by Gasteiger charge is -2.31. The van der Waals surface area contributed by atoms with Gasteiger partial charge in [-0.15, -0.1) is 0 Å². The van der Waals surface area contributed by atoms with Crippen LogP contribution in [-0.4, -0.2) is 23.1 Å². The molecule has 1 N–H and O–H groups in total. The third-order valence-electron chi connectivity index (χ3n) is 3.95. The van der Waals surface area contributed by atoms with Crippen molar-refractivity contribution in [2.45, 2.75) is 64.9 Å². The fraction of sp³-hybridized carbons (Fsp3) is 0.750. The van der Waals surface area contributed by atoms with Crippen LogP contribution >= 0.6 is 0 Å². The number of hydrogen-bond donors (Lipinski definition) is 1. The zero-order chi connectivity index (χ0) is 14.4. The topological polar surface area (TPSA) is 47.0 Å². The van der Waals surface area contributed by atoms with E-state index in [1.807, 2.05) is 13.0 Å². The number of aryl methyl sites for hydroxylation is 1. The maximum absolute atomic E-state index is 6.17. The Morgan fingerprint density at radius 1 is 1.15 bits per heavy atom. The first-order chi connectivity index (χ1) is 9.70. The summed E-state index contributed by atoms with van der Waals surface area (Å²) in [5.41, 5.74) is 0.732. The average molecular weight is 277 g/mol. The van der Waals surface area contributed by atoms with Gasteiger partial charge < -0.3 is 10.1 Å². The van der Waals surface area contributed by atoms with Gasteiger partial charge in [-0.2, -0.15) is 0 Å². The molecule has 1 heterocycles. The lowest BCUT2D eigenvalue weighted by atomic mass is 9.93. The van der Waals surface area contributed by atoms with Crippen molar-refractivity contribution >= 4 is 5.82 Å². The molecule has 0 amide bonds. The van der Waals surface area contributed by atoms with E-state index in [9.17, 15) is 0 Å². The van der Waals surface area contributed by atoms with Crippen molar-refractivity contribution in [2.24, 2.45) is 0 Å². The highest BCUT2D eigenvalue weighted by atomic mass is 16.5. The second-order valence-electron chi connectivity index (χ2n) is 5.59. The van der Waals surface area contributed by atoms with Crippen molar-refractivity contribution in [1.82, 2.24) is 9.97 Å². The van der Waals surface area contributed by atoms with Gasteiger partial charge in [-0.05, 0) is 33.6 Å². The summed E-state index contributed by atoms with van der Waals surface area (Å²) < 4.78 is 6.17. The lowest BCUT2D eigenvalue weighted by Crippen LogP contribution is -2.32. The highest BCUT2D eigenvalue weighted by Crippen LogP contribution is 2.38. The van der Waals surface area contributed by atoms with Gasteiger partial charge in [0.05, 0.1) is 0 Å². The predicted molar refractivity (Wildman–Crippen MR) is 81.9 cm³/mol. The number of anilines is 1. The van der Waals surface area contributed by atoms with E-state index in [0.717, 1.165) is 36.7 Å². The minimum atomic E-state index is -0.276. The first-order valence-corrected chi connectivity index (χ1v) is 7.94. The summed E-state index contributed by atoms with van der Waals surface area (Å²) in [5.74, 6) is 1.79. The third-order valence-corrected chi connectivity index (χ3v) is 3.95. The molecule has 4 heteroatoms. The number of nitrogens with one attached hydrogen (secondary N) is 1. The Balaban J connectivity index is 2.36. The van der Waals surface area contributed by atoms with E-state index in [1.54, 1.807) is 0 Å². The molecule has 0 aromatic carbocycles. The van der Waals surface area contributed by atoms with Crippen LogP contribution in [-0.2, 0) is 10.3 Å². The maximum atomic E-state index is 6.17. The smallest absolute Gasteiger partial charge is 0.162 e. The van der Waals surface area contributed by atoms with Crippen molar-refractivity contribution in [3.05, 3.63) is 17.6 Å². The quantitative estimate of drug-likeness (QED) is 0.832. The van der Waals surface area contributed by atoms with E-state index in [0.29, 0.717) is 6.61 Å². The molecule has 4 nitrogen and oxygen atoms in total. The molecule has 1 aliphatic carbocycles. The number of rotatable bonds is 5. The molecule has 0 atom stereocenters. The fourth-order valence-electron chi connectivity index (χ4n) is 3.05. The standard InChI is InChI=1S/C16H27N3O/c1-4-17-14-12-13(3)18-15(19-14)16(20-5-2)10-8-6-7-9-11-16/h12H,4-11H2,1-3H3,(H,17,18,19). The summed E-state index contributed by atoms with van der Waals surface area (Å²) in [7, 11) is 0. The van der Waals surface area contributed by atoms with Crippen LogP contribution < -0.4 is 5.32 Å². The Labute approximate surface area is 122 Å². The van der Waals surface area contributed by atoms with Gasteiger partial charge in [0.2, 0.25) is 0 Å². The highest BCUT2D eigenvalue weighted by molar-refractivity contribution is 5.36. The van der Waals surface area contributed by atoms with Crippen molar-refractivity contribution in [2.75, 3.05) is 18.5 Å². The van der Waals surface area contributed by atoms with Gasteiger partial charge in [0.1, 0.15) is 11.4 Å². The molecule has 0 aliphatic heterocycles. The molecule has 0 spiro atoms. The van der Waals surface area contributed by atoms with Gasteiger partial charge in [-0.1, -0.05) is 25.7 Å². The van der Waals surface area contributed by atoms with Gasteiger partial charge in [0.15, 0.2) is 5.82 Å². The van der Waals surface area contributed by atoms with Crippen LogP contribution in [0.2, 0.25) is 0 Å². The summed E-state index contributed by atoms with van der Waals surface area (Å²) in [5, 5.41) is 3.30. The van der Waals surface area contributed by atoms with Crippen molar-refractivity contribution in [3.63, 3.8) is 0 Å². The van der Waals surface area contributed by atoms with Crippen LogP contribution in [0.4, 0.5) is 5.82 Å². The van der Waals surface area contributed by atoms with Crippen LogP contribution in [0.5, 0.6) is 0 Å². The van der Waals surface area contributed by atoms with Gasteiger partial charge >= 0.3 is 0 Å². The first-order valence-electron chi connectivity index (χ1n) is 7.94. The molecule has 0 radical (unpaired) electrons. The van der Waals surface area contributed by atoms with Gasteiger partial charge in [-0.3, -0.25) is 0 Å². The molecule has 1 saturated carbocycles.